The first kappa shape index (κ1) is 24.8. The van der Waals surface area contributed by atoms with E-state index in [1.807, 2.05) is 17.5 Å². The number of nitrogens with one attached hydrogen (secondary N) is 1. The number of carbonyl (C=O) groups is 3. The molecule has 2 heterocycles. The minimum Gasteiger partial charge on any atom is -0.481 e. The molecular weight excluding hydrogens is 478 g/mol. The van der Waals surface area contributed by atoms with Crippen LogP contribution in [0.25, 0.3) is 0 Å². The summed E-state index contributed by atoms with van der Waals surface area (Å²) in [6.45, 7) is 2.18. The van der Waals surface area contributed by atoms with Gasteiger partial charge in [0.05, 0.1) is 35.5 Å². The molecule has 0 aliphatic carbocycles. The number of carbonyl (C=O) groups excluding carboxylic acids is 2. The third-order valence-corrected chi connectivity index (χ3v) is 7.01. The number of hydrogen-bond acceptors (Lipinski definition) is 7. The van der Waals surface area contributed by atoms with Crippen LogP contribution in [0.3, 0.4) is 0 Å². The minimum absolute atomic E-state index is 0.0826. The molecule has 0 radical (unpaired) electrons. The fourth-order valence-electron chi connectivity index (χ4n) is 4.13. The Kier molecular flexibility index (Phi) is 7.51. The van der Waals surface area contributed by atoms with E-state index in [2.05, 4.69) is 10.2 Å². The number of amides is 2. The van der Waals surface area contributed by atoms with Crippen LogP contribution in [0, 0.1) is 11.3 Å². The van der Waals surface area contributed by atoms with Crippen LogP contribution >= 0.6 is 11.3 Å². The summed E-state index contributed by atoms with van der Waals surface area (Å²) < 4.78 is 0. The third-order valence-electron chi connectivity index (χ3n) is 6.03. The summed E-state index contributed by atoms with van der Waals surface area (Å²) >= 11 is 1.39. The van der Waals surface area contributed by atoms with Crippen LogP contribution in [0.1, 0.15) is 43.6 Å². The van der Waals surface area contributed by atoms with E-state index >= 15 is 0 Å². The van der Waals surface area contributed by atoms with Gasteiger partial charge in [0.1, 0.15) is 0 Å². The predicted octanol–water partition coefficient (Wildman–Crippen LogP) is 3.11. The monoisotopic (exact) mass is 503 g/mol. The van der Waals surface area contributed by atoms with Gasteiger partial charge in [-0.15, -0.1) is 11.3 Å². The van der Waals surface area contributed by atoms with Crippen LogP contribution < -0.4 is 16.0 Å². The first-order valence-electron chi connectivity index (χ1n) is 11.4. The maximum absolute atomic E-state index is 12.8. The SMILES string of the molecule is N#Cc1ccc(C(=O)N2CCN(c3ccc(C(=O)NC(CC(=O)O)c4cccs4)cc3N)CC2)cc1. The molecule has 2 aromatic carbocycles. The van der Waals surface area contributed by atoms with E-state index in [4.69, 9.17) is 11.0 Å². The van der Waals surface area contributed by atoms with Crippen LogP contribution in [0.2, 0.25) is 0 Å². The number of nitrogens with zero attached hydrogens (tertiary/aromatic N) is 3. The smallest absolute Gasteiger partial charge is 0.305 e. The van der Waals surface area contributed by atoms with Gasteiger partial charge in [0.15, 0.2) is 0 Å². The summed E-state index contributed by atoms with van der Waals surface area (Å²) in [5, 5.41) is 22.8. The van der Waals surface area contributed by atoms with Gasteiger partial charge in [0.25, 0.3) is 11.8 Å². The highest BCUT2D eigenvalue weighted by molar-refractivity contribution is 7.10. The molecule has 2 amide bonds. The summed E-state index contributed by atoms with van der Waals surface area (Å²) in [4.78, 5) is 41.5. The first-order valence-corrected chi connectivity index (χ1v) is 12.2. The van der Waals surface area contributed by atoms with Crippen molar-refractivity contribution in [2.75, 3.05) is 36.8 Å². The standard InChI is InChI=1S/C26H25N5O4S/c27-16-17-3-5-18(6-4-17)26(35)31-11-9-30(10-12-31)22-8-7-19(14-20(22)28)25(34)29-21(15-24(32)33)23-2-1-13-36-23/h1-8,13-14,21H,9-12,15,28H2,(H,29,34)(H,32,33). The van der Waals surface area contributed by atoms with Crippen molar-refractivity contribution in [1.82, 2.24) is 10.2 Å². The van der Waals surface area contributed by atoms with Crippen molar-refractivity contribution in [2.45, 2.75) is 12.5 Å². The van der Waals surface area contributed by atoms with Crippen LogP contribution in [-0.4, -0.2) is 54.0 Å². The number of anilines is 2. The quantitative estimate of drug-likeness (QED) is 0.421. The fraction of sp³-hybridized carbons (Fsp3) is 0.231. The fourth-order valence-corrected chi connectivity index (χ4v) is 4.91. The largest absolute Gasteiger partial charge is 0.481 e. The molecule has 9 nitrogen and oxygen atoms in total. The van der Waals surface area contributed by atoms with E-state index in [-0.39, 0.29) is 12.3 Å². The van der Waals surface area contributed by atoms with Gasteiger partial charge in [-0.05, 0) is 53.9 Å². The highest BCUT2D eigenvalue weighted by Crippen LogP contribution is 2.27. The second kappa shape index (κ2) is 10.9. The Labute approximate surface area is 212 Å². The molecule has 1 aromatic heterocycles. The number of nitrogens with two attached hydrogens (primary N) is 1. The molecule has 10 heteroatoms. The van der Waals surface area contributed by atoms with Crippen molar-refractivity contribution in [1.29, 1.82) is 5.26 Å². The summed E-state index contributed by atoms with van der Waals surface area (Å²) in [7, 11) is 0. The normalized spacial score (nSPS) is 14.1. The van der Waals surface area contributed by atoms with Crippen LogP contribution in [0.5, 0.6) is 0 Å². The number of aliphatic carboxylic acids is 1. The summed E-state index contributed by atoms with van der Waals surface area (Å²) in [6, 6.07) is 16.6. The van der Waals surface area contributed by atoms with Crippen LogP contribution in [-0.2, 0) is 4.79 Å². The van der Waals surface area contributed by atoms with Gasteiger partial charge >= 0.3 is 5.97 Å². The lowest BCUT2D eigenvalue weighted by atomic mass is 10.1. The van der Waals surface area contributed by atoms with Gasteiger partial charge in [0, 0.05) is 42.2 Å². The van der Waals surface area contributed by atoms with Crippen molar-refractivity contribution >= 4 is 40.5 Å². The molecular formula is C26H25N5O4S. The molecule has 1 saturated heterocycles. The van der Waals surface area contributed by atoms with E-state index < -0.39 is 17.9 Å². The molecule has 0 bridgehead atoms. The number of benzene rings is 2. The molecule has 4 N–H and O–H groups in total. The Morgan fingerprint density at radius 2 is 1.75 bits per heavy atom. The van der Waals surface area contributed by atoms with Crippen molar-refractivity contribution in [2.24, 2.45) is 0 Å². The summed E-state index contributed by atoms with van der Waals surface area (Å²) in [6.07, 6.45) is -0.217. The zero-order valence-corrected chi connectivity index (χ0v) is 20.2. The number of piperazine rings is 1. The van der Waals surface area contributed by atoms with E-state index in [9.17, 15) is 19.5 Å². The lowest BCUT2D eigenvalue weighted by molar-refractivity contribution is -0.137. The highest BCUT2D eigenvalue weighted by Gasteiger charge is 2.24. The van der Waals surface area contributed by atoms with Crippen molar-refractivity contribution in [3.05, 3.63) is 81.5 Å². The van der Waals surface area contributed by atoms with Crippen molar-refractivity contribution in [3.63, 3.8) is 0 Å². The number of nitrogen functional groups attached to an aromatic ring is 1. The number of hydrogen-bond donors (Lipinski definition) is 3. The topological polar surface area (TPSA) is 140 Å². The third kappa shape index (κ3) is 5.64. The zero-order valence-electron chi connectivity index (χ0n) is 19.4. The van der Waals surface area contributed by atoms with Gasteiger partial charge in [0.2, 0.25) is 0 Å². The number of carboxylic acid groups (broad SMARTS) is 1. The molecule has 3 aromatic rings. The Balaban J connectivity index is 1.38. The maximum Gasteiger partial charge on any atom is 0.305 e. The Bertz CT molecular complexity index is 1290. The molecule has 1 atom stereocenters. The number of thiophene rings is 1. The Morgan fingerprint density at radius 3 is 2.33 bits per heavy atom. The van der Waals surface area contributed by atoms with Gasteiger partial charge in [-0.25, -0.2) is 0 Å². The number of rotatable bonds is 7. The van der Waals surface area contributed by atoms with E-state index in [1.54, 1.807) is 53.4 Å². The molecule has 1 fully saturated rings. The van der Waals surface area contributed by atoms with Crippen molar-refractivity contribution in [3.8, 4) is 6.07 Å². The molecule has 4 rings (SSSR count). The van der Waals surface area contributed by atoms with E-state index in [0.29, 0.717) is 48.6 Å². The molecule has 0 saturated carbocycles. The zero-order chi connectivity index (χ0) is 25.7. The average Bonchev–Trinajstić information content (AvgIpc) is 3.43. The van der Waals surface area contributed by atoms with Gasteiger partial charge < -0.3 is 26.0 Å². The lowest BCUT2D eigenvalue weighted by Gasteiger charge is -2.36. The van der Waals surface area contributed by atoms with Gasteiger partial charge in [-0.1, -0.05) is 6.07 Å². The van der Waals surface area contributed by atoms with Crippen LogP contribution in [0.15, 0.2) is 60.0 Å². The number of nitriles is 1. The maximum atomic E-state index is 12.8. The van der Waals surface area contributed by atoms with E-state index in [1.165, 1.54) is 11.3 Å². The molecule has 184 valence electrons. The summed E-state index contributed by atoms with van der Waals surface area (Å²) in [5.41, 5.74) is 8.89. The number of carboxylic acids is 1. The Morgan fingerprint density at radius 1 is 1.06 bits per heavy atom. The first-order chi connectivity index (χ1) is 17.4. The average molecular weight is 504 g/mol. The van der Waals surface area contributed by atoms with E-state index in [0.717, 1.165) is 10.6 Å². The molecule has 0 spiro atoms. The minimum atomic E-state index is -1.000. The molecule has 1 unspecified atom stereocenters. The van der Waals surface area contributed by atoms with Crippen molar-refractivity contribution < 1.29 is 19.5 Å². The van der Waals surface area contributed by atoms with Crippen LogP contribution in [0.4, 0.5) is 11.4 Å². The molecule has 1 aliphatic rings. The Hall–Kier alpha value is -4.36. The summed E-state index contributed by atoms with van der Waals surface area (Å²) in [5.74, 6) is -1.48. The van der Waals surface area contributed by atoms with Gasteiger partial charge in [-0.2, -0.15) is 5.26 Å². The van der Waals surface area contributed by atoms with Gasteiger partial charge in [-0.3, -0.25) is 14.4 Å². The highest BCUT2D eigenvalue weighted by atomic mass is 32.1. The lowest BCUT2D eigenvalue weighted by Crippen LogP contribution is -2.49. The predicted molar refractivity (Wildman–Crippen MR) is 137 cm³/mol. The second-order valence-corrected chi connectivity index (χ2v) is 9.36. The second-order valence-electron chi connectivity index (χ2n) is 8.38. The molecule has 1 aliphatic heterocycles. The molecule has 36 heavy (non-hydrogen) atoms.